The van der Waals surface area contributed by atoms with Gasteiger partial charge >= 0.3 is 6.18 Å². The lowest BCUT2D eigenvalue weighted by Crippen LogP contribution is -2.45. The van der Waals surface area contributed by atoms with Gasteiger partial charge in [0.25, 0.3) is 5.91 Å². The van der Waals surface area contributed by atoms with Gasteiger partial charge in [-0.15, -0.1) is 4.80 Å². The maximum Gasteiger partial charge on any atom is 0.417 e. The Morgan fingerprint density at radius 3 is 2.56 bits per heavy atom. The van der Waals surface area contributed by atoms with Gasteiger partial charge in [0.05, 0.1) is 30.1 Å². The van der Waals surface area contributed by atoms with Crippen LogP contribution in [0.3, 0.4) is 0 Å². The molecule has 4 rings (SSSR count). The lowest BCUT2D eigenvalue weighted by molar-refractivity contribution is -0.137. The van der Waals surface area contributed by atoms with Gasteiger partial charge in [-0.3, -0.25) is 4.79 Å². The van der Waals surface area contributed by atoms with E-state index >= 15 is 0 Å². The van der Waals surface area contributed by atoms with Crippen LogP contribution in [0.2, 0.25) is 0 Å². The van der Waals surface area contributed by atoms with Crippen molar-refractivity contribution in [3.63, 3.8) is 0 Å². The summed E-state index contributed by atoms with van der Waals surface area (Å²) in [5.74, 6) is 0.226. The fraction of sp³-hybridized carbons (Fsp3) is 0.381. The summed E-state index contributed by atoms with van der Waals surface area (Å²) in [6, 6.07) is 2.75. The summed E-state index contributed by atoms with van der Waals surface area (Å²) in [6.45, 7) is 4.16. The Hall–Kier alpha value is -3.50. The van der Waals surface area contributed by atoms with Crippen molar-refractivity contribution in [3.8, 4) is 11.7 Å². The number of alkyl halides is 3. The van der Waals surface area contributed by atoms with Crippen molar-refractivity contribution in [2.75, 3.05) is 13.1 Å². The minimum atomic E-state index is -4.46. The van der Waals surface area contributed by atoms with Gasteiger partial charge in [-0.1, -0.05) is 0 Å². The number of carbonyl (C=O) groups excluding carboxylic acids is 1. The maximum absolute atomic E-state index is 13.3. The van der Waals surface area contributed by atoms with E-state index in [1.165, 1.54) is 24.1 Å². The number of aryl methyl sites for hydroxylation is 2. The van der Waals surface area contributed by atoms with Crippen LogP contribution in [0, 0.1) is 13.8 Å². The largest absolute Gasteiger partial charge is 0.472 e. The highest BCUT2D eigenvalue weighted by molar-refractivity contribution is 5.97. The van der Waals surface area contributed by atoms with Crippen LogP contribution in [0.1, 0.15) is 39.9 Å². The normalized spacial score (nSPS) is 16.8. The summed E-state index contributed by atoms with van der Waals surface area (Å²) >= 11 is 0. The highest BCUT2D eigenvalue weighted by Gasteiger charge is 2.32. The van der Waals surface area contributed by atoms with Gasteiger partial charge in [0.15, 0.2) is 5.82 Å². The predicted molar refractivity (Wildman–Crippen MR) is 107 cm³/mol. The molecule has 32 heavy (non-hydrogen) atoms. The highest BCUT2D eigenvalue weighted by Crippen LogP contribution is 2.31. The smallest absolute Gasteiger partial charge is 0.417 e. The van der Waals surface area contributed by atoms with E-state index in [4.69, 9.17) is 4.74 Å². The molecule has 4 heterocycles. The zero-order valence-electron chi connectivity index (χ0n) is 17.5. The number of halogens is 3. The molecule has 0 spiro atoms. The van der Waals surface area contributed by atoms with E-state index in [0.29, 0.717) is 36.3 Å². The number of pyridine rings is 2. The number of carbonyl (C=O) groups is 1. The molecule has 0 radical (unpaired) electrons. The molecule has 1 amide bonds. The van der Waals surface area contributed by atoms with E-state index < -0.39 is 11.7 Å². The molecule has 3 aromatic rings. The van der Waals surface area contributed by atoms with Gasteiger partial charge in [0.1, 0.15) is 6.10 Å². The molecule has 0 N–H and O–H groups in total. The van der Waals surface area contributed by atoms with Crippen LogP contribution >= 0.6 is 0 Å². The van der Waals surface area contributed by atoms with Gasteiger partial charge in [0, 0.05) is 24.5 Å². The molecule has 0 bridgehead atoms. The summed E-state index contributed by atoms with van der Waals surface area (Å²) < 4.78 is 44.5. The molecular formula is C21H21F3N6O2. The summed E-state index contributed by atoms with van der Waals surface area (Å²) in [6.07, 6.45) is 1.88. The van der Waals surface area contributed by atoms with Crippen LogP contribution in [0.25, 0.3) is 5.82 Å². The van der Waals surface area contributed by atoms with Crippen LogP contribution in [0.4, 0.5) is 13.2 Å². The molecular weight excluding hydrogens is 425 g/mol. The lowest BCUT2D eigenvalue weighted by Gasteiger charge is -2.33. The third-order valence-electron chi connectivity index (χ3n) is 5.14. The second kappa shape index (κ2) is 8.56. The number of rotatable bonds is 4. The van der Waals surface area contributed by atoms with Crippen molar-refractivity contribution >= 4 is 5.91 Å². The zero-order chi connectivity index (χ0) is 22.9. The summed E-state index contributed by atoms with van der Waals surface area (Å²) in [4.78, 5) is 24.4. The molecule has 0 aromatic carbocycles. The number of amides is 1. The third kappa shape index (κ3) is 4.56. The van der Waals surface area contributed by atoms with Crippen LogP contribution in [0.15, 0.2) is 36.9 Å². The summed E-state index contributed by atoms with van der Waals surface area (Å²) in [5, 5.41) is 8.14. The van der Waals surface area contributed by atoms with E-state index in [-0.39, 0.29) is 24.4 Å². The molecule has 1 saturated heterocycles. The first-order valence-electron chi connectivity index (χ1n) is 10.1. The Labute approximate surface area is 182 Å². The van der Waals surface area contributed by atoms with E-state index in [1.807, 2.05) is 6.92 Å². The first-order valence-corrected chi connectivity index (χ1v) is 10.1. The Balaban J connectivity index is 1.52. The fourth-order valence-electron chi connectivity index (χ4n) is 3.59. The quantitative estimate of drug-likeness (QED) is 0.611. The summed E-state index contributed by atoms with van der Waals surface area (Å²) in [7, 11) is 0. The fourth-order valence-corrected chi connectivity index (χ4v) is 3.59. The standard InChI is InChI=1S/C21H21F3N6O2/c1-13-8-17(18(25-10-13)30-27-5-6-28-30)20(31)29-7-3-4-16(12-29)32-19-14(2)9-15(11-26-19)21(22,23)24/h5-6,8-11,16H,3-4,7,12H2,1-2H3. The van der Waals surface area contributed by atoms with Crippen molar-refractivity contribution < 1.29 is 22.7 Å². The minimum Gasteiger partial charge on any atom is -0.472 e. The maximum atomic E-state index is 13.3. The van der Waals surface area contributed by atoms with Crippen LogP contribution in [-0.4, -0.2) is 55.0 Å². The Bertz CT molecular complexity index is 1120. The number of hydrogen-bond acceptors (Lipinski definition) is 6. The van der Waals surface area contributed by atoms with Gasteiger partial charge in [-0.25, -0.2) is 9.97 Å². The molecule has 0 aliphatic carbocycles. The Morgan fingerprint density at radius 2 is 1.88 bits per heavy atom. The van der Waals surface area contributed by atoms with Crippen LogP contribution < -0.4 is 4.74 Å². The van der Waals surface area contributed by atoms with Crippen molar-refractivity contribution in [2.45, 2.75) is 39.0 Å². The number of ether oxygens (including phenoxy) is 1. The monoisotopic (exact) mass is 446 g/mol. The third-order valence-corrected chi connectivity index (χ3v) is 5.14. The number of hydrogen-bond donors (Lipinski definition) is 0. The molecule has 1 aliphatic heterocycles. The second-order valence-corrected chi connectivity index (χ2v) is 7.68. The molecule has 1 unspecified atom stereocenters. The van der Waals surface area contributed by atoms with E-state index in [9.17, 15) is 18.0 Å². The van der Waals surface area contributed by atoms with E-state index in [0.717, 1.165) is 17.8 Å². The van der Waals surface area contributed by atoms with Crippen molar-refractivity contribution in [1.82, 2.24) is 29.9 Å². The van der Waals surface area contributed by atoms with Crippen LogP contribution in [0.5, 0.6) is 5.88 Å². The van der Waals surface area contributed by atoms with Gasteiger partial charge < -0.3 is 9.64 Å². The molecule has 1 atom stereocenters. The van der Waals surface area contributed by atoms with E-state index in [1.54, 1.807) is 17.2 Å². The van der Waals surface area contributed by atoms with Crippen molar-refractivity contribution in [1.29, 1.82) is 0 Å². The molecule has 1 fully saturated rings. The number of piperidine rings is 1. The molecule has 11 heteroatoms. The van der Waals surface area contributed by atoms with Gasteiger partial charge in [0.2, 0.25) is 5.88 Å². The number of aromatic nitrogens is 5. The van der Waals surface area contributed by atoms with Gasteiger partial charge in [-0.2, -0.15) is 23.4 Å². The molecule has 3 aromatic heterocycles. The average molecular weight is 446 g/mol. The Kier molecular flexibility index (Phi) is 5.81. The lowest BCUT2D eigenvalue weighted by atomic mass is 10.1. The molecule has 8 nitrogen and oxygen atoms in total. The Morgan fingerprint density at radius 1 is 1.12 bits per heavy atom. The van der Waals surface area contributed by atoms with Gasteiger partial charge in [-0.05, 0) is 44.4 Å². The first kappa shape index (κ1) is 21.7. The number of nitrogens with zero attached hydrogens (tertiary/aromatic N) is 6. The first-order chi connectivity index (χ1) is 15.2. The molecule has 1 aliphatic rings. The topological polar surface area (TPSA) is 86.0 Å². The predicted octanol–water partition coefficient (Wildman–Crippen LogP) is 3.38. The SMILES string of the molecule is Cc1cnc(-n2nccn2)c(C(=O)N2CCCC(Oc3ncc(C(F)(F)F)cc3C)C2)c1. The molecule has 168 valence electrons. The zero-order valence-corrected chi connectivity index (χ0v) is 17.5. The van der Waals surface area contributed by atoms with Crippen molar-refractivity contribution in [3.05, 3.63) is 59.2 Å². The average Bonchev–Trinajstić information content (AvgIpc) is 3.29. The van der Waals surface area contributed by atoms with E-state index in [2.05, 4.69) is 20.2 Å². The number of likely N-dealkylation sites (tertiary alicyclic amines) is 1. The minimum absolute atomic E-state index is 0.135. The van der Waals surface area contributed by atoms with Crippen molar-refractivity contribution in [2.24, 2.45) is 0 Å². The van der Waals surface area contributed by atoms with Crippen LogP contribution in [-0.2, 0) is 6.18 Å². The second-order valence-electron chi connectivity index (χ2n) is 7.68. The summed E-state index contributed by atoms with van der Waals surface area (Å²) in [5.41, 5.74) is 0.650. The highest BCUT2D eigenvalue weighted by atomic mass is 19.4. The molecule has 0 saturated carbocycles.